The van der Waals surface area contributed by atoms with Gasteiger partial charge in [0.15, 0.2) is 0 Å². The van der Waals surface area contributed by atoms with Gasteiger partial charge < -0.3 is 14.8 Å². The molecule has 1 atom stereocenters. The van der Waals surface area contributed by atoms with Gasteiger partial charge in [-0.15, -0.1) is 0 Å². The van der Waals surface area contributed by atoms with Gasteiger partial charge >= 0.3 is 0 Å². The van der Waals surface area contributed by atoms with Gasteiger partial charge in [0.05, 0.1) is 5.60 Å². The zero-order chi connectivity index (χ0) is 12.5. The van der Waals surface area contributed by atoms with Gasteiger partial charge in [-0.1, -0.05) is 13.3 Å². The van der Waals surface area contributed by atoms with Crippen LogP contribution in [0.3, 0.4) is 0 Å². The highest BCUT2D eigenvalue weighted by molar-refractivity contribution is 4.93. The Kier molecular flexibility index (Phi) is 3.65. The summed E-state index contributed by atoms with van der Waals surface area (Å²) in [5.74, 6) is 0. The lowest BCUT2D eigenvalue weighted by atomic mass is 9.70. The average molecular weight is 253 g/mol. The van der Waals surface area contributed by atoms with Crippen molar-refractivity contribution in [2.75, 3.05) is 26.4 Å². The molecule has 0 aromatic rings. The summed E-state index contributed by atoms with van der Waals surface area (Å²) >= 11 is 0. The highest BCUT2D eigenvalue weighted by atomic mass is 16.5. The van der Waals surface area contributed by atoms with Gasteiger partial charge in [0, 0.05) is 32.4 Å². The molecule has 3 nitrogen and oxygen atoms in total. The highest BCUT2D eigenvalue weighted by Gasteiger charge is 2.40. The van der Waals surface area contributed by atoms with Crippen LogP contribution in [0.5, 0.6) is 0 Å². The lowest BCUT2D eigenvalue weighted by molar-refractivity contribution is -0.140. The molecule has 0 bridgehead atoms. The average Bonchev–Trinajstić information content (AvgIpc) is 2.35. The summed E-state index contributed by atoms with van der Waals surface area (Å²) in [6.07, 6.45) is 8.77. The van der Waals surface area contributed by atoms with Crippen LogP contribution in [0.1, 0.15) is 51.9 Å². The van der Waals surface area contributed by atoms with Gasteiger partial charge in [0.2, 0.25) is 0 Å². The van der Waals surface area contributed by atoms with E-state index in [1.54, 1.807) is 0 Å². The van der Waals surface area contributed by atoms with Gasteiger partial charge in [-0.25, -0.2) is 0 Å². The third-order valence-corrected chi connectivity index (χ3v) is 5.28. The van der Waals surface area contributed by atoms with E-state index in [-0.39, 0.29) is 5.60 Å². The smallest absolute Gasteiger partial charge is 0.0741 e. The highest BCUT2D eigenvalue weighted by Crippen LogP contribution is 2.40. The molecule has 3 rings (SSSR count). The molecule has 18 heavy (non-hydrogen) atoms. The van der Waals surface area contributed by atoms with E-state index >= 15 is 0 Å². The normalized spacial score (nSPS) is 34.2. The van der Waals surface area contributed by atoms with E-state index in [9.17, 15) is 0 Å². The van der Waals surface area contributed by atoms with Crippen molar-refractivity contribution in [3.05, 3.63) is 0 Å². The van der Waals surface area contributed by atoms with Crippen LogP contribution < -0.4 is 5.32 Å². The fourth-order valence-corrected chi connectivity index (χ4v) is 3.64. The summed E-state index contributed by atoms with van der Waals surface area (Å²) in [5.41, 5.74) is 0.718. The molecule has 3 heteroatoms. The van der Waals surface area contributed by atoms with E-state index in [1.165, 1.54) is 38.6 Å². The van der Waals surface area contributed by atoms with Crippen molar-refractivity contribution in [1.82, 2.24) is 5.32 Å². The Morgan fingerprint density at radius 2 is 1.89 bits per heavy atom. The van der Waals surface area contributed by atoms with E-state index in [2.05, 4.69) is 12.2 Å². The summed E-state index contributed by atoms with van der Waals surface area (Å²) in [6.45, 7) is 6.31. The summed E-state index contributed by atoms with van der Waals surface area (Å²) in [4.78, 5) is 0. The zero-order valence-corrected chi connectivity index (χ0v) is 11.7. The monoisotopic (exact) mass is 253 g/mol. The first kappa shape index (κ1) is 12.9. The van der Waals surface area contributed by atoms with Crippen LogP contribution >= 0.6 is 0 Å². The van der Waals surface area contributed by atoms with E-state index in [1.807, 2.05) is 0 Å². The molecule has 1 N–H and O–H groups in total. The topological polar surface area (TPSA) is 30.5 Å². The molecule has 1 aliphatic carbocycles. The third-order valence-electron chi connectivity index (χ3n) is 5.28. The number of hydrogen-bond donors (Lipinski definition) is 1. The lowest BCUT2D eigenvalue weighted by Gasteiger charge is -2.45. The van der Waals surface area contributed by atoms with Crippen LogP contribution in [-0.4, -0.2) is 38.0 Å². The minimum Gasteiger partial charge on any atom is -0.381 e. The zero-order valence-electron chi connectivity index (χ0n) is 11.7. The fourth-order valence-electron chi connectivity index (χ4n) is 3.64. The first-order chi connectivity index (χ1) is 8.70. The fraction of sp³-hybridized carbons (Fsp3) is 1.00. The van der Waals surface area contributed by atoms with Crippen molar-refractivity contribution in [1.29, 1.82) is 0 Å². The van der Waals surface area contributed by atoms with Crippen LogP contribution in [0, 0.1) is 5.41 Å². The van der Waals surface area contributed by atoms with E-state index < -0.39 is 0 Å². The number of hydrogen-bond acceptors (Lipinski definition) is 3. The maximum absolute atomic E-state index is 6.09. The first-order valence-corrected chi connectivity index (χ1v) is 7.65. The number of ether oxygens (including phenoxy) is 2. The van der Waals surface area contributed by atoms with E-state index in [4.69, 9.17) is 9.47 Å². The Balaban J connectivity index is 1.50. The van der Waals surface area contributed by atoms with Crippen molar-refractivity contribution in [3.63, 3.8) is 0 Å². The molecule has 104 valence electrons. The molecule has 1 spiro atoms. The van der Waals surface area contributed by atoms with Crippen molar-refractivity contribution in [2.24, 2.45) is 5.41 Å². The van der Waals surface area contributed by atoms with Crippen LogP contribution in [0.2, 0.25) is 0 Å². The molecule has 2 saturated heterocycles. The van der Waals surface area contributed by atoms with Crippen molar-refractivity contribution in [3.8, 4) is 0 Å². The van der Waals surface area contributed by atoms with Crippen LogP contribution in [0.4, 0.5) is 0 Å². The third kappa shape index (κ3) is 2.73. The van der Waals surface area contributed by atoms with Gasteiger partial charge in [-0.05, 0) is 43.9 Å². The molecule has 0 radical (unpaired) electrons. The molecule has 0 aromatic heterocycles. The Labute approximate surface area is 111 Å². The Bertz CT molecular complexity index is 277. The quantitative estimate of drug-likeness (QED) is 0.838. The lowest BCUT2D eigenvalue weighted by Crippen LogP contribution is -2.51. The van der Waals surface area contributed by atoms with Crippen molar-refractivity contribution in [2.45, 2.75) is 63.5 Å². The summed E-state index contributed by atoms with van der Waals surface area (Å²) in [6, 6.07) is 0.661. The Morgan fingerprint density at radius 1 is 1.11 bits per heavy atom. The van der Waals surface area contributed by atoms with Gasteiger partial charge in [-0.2, -0.15) is 0 Å². The number of nitrogens with one attached hydrogen (secondary N) is 1. The maximum Gasteiger partial charge on any atom is 0.0741 e. The van der Waals surface area contributed by atoms with Gasteiger partial charge in [-0.3, -0.25) is 0 Å². The van der Waals surface area contributed by atoms with Gasteiger partial charge in [0.1, 0.15) is 0 Å². The van der Waals surface area contributed by atoms with Gasteiger partial charge in [0.25, 0.3) is 0 Å². The first-order valence-electron chi connectivity index (χ1n) is 7.65. The SMILES string of the molecule is CC1(CNC2CCOC3(CCOCC3)C2)CCC1. The Hall–Kier alpha value is -0.120. The molecule has 1 unspecified atom stereocenters. The summed E-state index contributed by atoms with van der Waals surface area (Å²) in [5, 5.41) is 3.81. The molecular formula is C15H27NO2. The summed E-state index contributed by atoms with van der Waals surface area (Å²) < 4.78 is 11.6. The summed E-state index contributed by atoms with van der Waals surface area (Å²) in [7, 11) is 0. The molecule has 0 amide bonds. The van der Waals surface area contributed by atoms with Crippen molar-refractivity contribution >= 4 is 0 Å². The second-order valence-electron chi connectivity index (χ2n) is 6.88. The van der Waals surface area contributed by atoms with Crippen molar-refractivity contribution < 1.29 is 9.47 Å². The predicted molar refractivity (Wildman–Crippen MR) is 71.7 cm³/mol. The second-order valence-corrected chi connectivity index (χ2v) is 6.88. The molecule has 0 aromatic carbocycles. The van der Waals surface area contributed by atoms with Crippen LogP contribution in [0.15, 0.2) is 0 Å². The van der Waals surface area contributed by atoms with Crippen LogP contribution in [-0.2, 0) is 9.47 Å². The number of rotatable bonds is 3. The molecule has 1 saturated carbocycles. The maximum atomic E-state index is 6.09. The molecular weight excluding hydrogens is 226 g/mol. The largest absolute Gasteiger partial charge is 0.381 e. The molecule has 3 aliphatic rings. The van der Waals surface area contributed by atoms with Crippen LogP contribution in [0.25, 0.3) is 0 Å². The minimum absolute atomic E-state index is 0.134. The van der Waals surface area contributed by atoms with E-state index in [0.29, 0.717) is 11.5 Å². The second kappa shape index (κ2) is 5.10. The standard InChI is InChI=1S/C15H27NO2/c1-14(4-2-5-14)12-16-13-3-8-18-15(11-13)6-9-17-10-7-15/h13,16H,2-12H2,1H3. The molecule has 2 aliphatic heterocycles. The molecule has 2 heterocycles. The molecule has 3 fully saturated rings. The Morgan fingerprint density at radius 3 is 2.56 bits per heavy atom. The minimum atomic E-state index is 0.134. The van der Waals surface area contributed by atoms with E-state index in [0.717, 1.165) is 32.7 Å². The predicted octanol–water partition coefficient (Wildman–Crippen LogP) is 2.49.